The summed E-state index contributed by atoms with van der Waals surface area (Å²) in [5, 5.41) is 3.03. The van der Waals surface area contributed by atoms with Crippen LogP contribution in [0, 0.1) is 0 Å². The van der Waals surface area contributed by atoms with Crippen molar-refractivity contribution < 1.29 is 9.59 Å². The van der Waals surface area contributed by atoms with E-state index < -0.39 is 12.0 Å². The number of aromatic amines is 1. The SMILES string of the molecule is O=C1C2Nc3nc(N4CCCCC4)[nH]c(=O)c3C2C(=O)N1c1ccccc1. The normalized spacial score (nSPS) is 24.0. The van der Waals surface area contributed by atoms with Crippen LogP contribution in [0.25, 0.3) is 0 Å². The molecule has 2 unspecified atom stereocenters. The molecule has 8 heteroatoms. The molecule has 2 atom stereocenters. The van der Waals surface area contributed by atoms with Crippen LogP contribution in [0.3, 0.4) is 0 Å². The summed E-state index contributed by atoms with van der Waals surface area (Å²) in [5.41, 5.74) is 0.425. The molecule has 138 valence electrons. The third-order valence-electron chi connectivity index (χ3n) is 5.52. The fraction of sp³-hybridized carbons (Fsp3) is 0.368. The molecule has 2 saturated heterocycles. The highest BCUT2D eigenvalue weighted by atomic mass is 16.2. The van der Waals surface area contributed by atoms with Gasteiger partial charge in [0.05, 0.1) is 11.3 Å². The number of hydrogen-bond donors (Lipinski definition) is 2. The predicted octanol–water partition coefficient (Wildman–Crippen LogP) is 1.21. The van der Waals surface area contributed by atoms with Crippen molar-refractivity contribution in [1.82, 2.24) is 9.97 Å². The number of rotatable bonds is 2. The molecule has 3 aliphatic rings. The lowest BCUT2D eigenvalue weighted by molar-refractivity contribution is -0.121. The van der Waals surface area contributed by atoms with E-state index in [2.05, 4.69) is 15.3 Å². The molecule has 2 N–H and O–H groups in total. The van der Waals surface area contributed by atoms with Gasteiger partial charge < -0.3 is 10.2 Å². The first-order valence-corrected chi connectivity index (χ1v) is 9.24. The highest BCUT2D eigenvalue weighted by Gasteiger charge is 2.55. The van der Waals surface area contributed by atoms with E-state index in [1.54, 1.807) is 24.3 Å². The van der Waals surface area contributed by atoms with E-state index in [4.69, 9.17) is 0 Å². The van der Waals surface area contributed by atoms with E-state index in [1.165, 1.54) is 6.42 Å². The van der Waals surface area contributed by atoms with E-state index in [1.807, 2.05) is 11.0 Å². The zero-order valence-corrected chi connectivity index (χ0v) is 14.6. The molecule has 3 aliphatic heterocycles. The third-order valence-corrected chi connectivity index (χ3v) is 5.52. The average Bonchev–Trinajstić information content (AvgIpc) is 3.19. The number of aromatic nitrogens is 2. The number of nitrogens with zero attached hydrogens (tertiary/aromatic N) is 3. The zero-order chi connectivity index (χ0) is 18.5. The average molecular weight is 365 g/mol. The van der Waals surface area contributed by atoms with E-state index in [0.29, 0.717) is 17.5 Å². The lowest BCUT2D eigenvalue weighted by Crippen LogP contribution is -2.35. The number of nitrogens with one attached hydrogen (secondary N) is 2. The molecule has 8 nitrogen and oxygen atoms in total. The second kappa shape index (κ2) is 5.94. The number of H-pyrrole nitrogens is 1. The second-order valence-corrected chi connectivity index (χ2v) is 7.15. The van der Waals surface area contributed by atoms with Gasteiger partial charge in [-0.05, 0) is 31.4 Å². The van der Waals surface area contributed by atoms with Crippen LogP contribution in [0.1, 0.15) is 30.7 Å². The van der Waals surface area contributed by atoms with Gasteiger partial charge in [0, 0.05) is 13.1 Å². The summed E-state index contributed by atoms with van der Waals surface area (Å²) in [6.07, 6.45) is 3.29. The van der Waals surface area contributed by atoms with E-state index >= 15 is 0 Å². The summed E-state index contributed by atoms with van der Waals surface area (Å²) in [5.74, 6) is -0.720. The van der Waals surface area contributed by atoms with Crippen molar-refractivity contribution in [3.8, 4) is 0 Å². The Bertz CT molecular complexity index is 981. The van der Waals surface area contributed by atoms with Crippen molar-refractivity contribution in [1.29, 1.82) is 0 Å². The fourth-order valence-electron chi connectivity index (χ4n) is 4.21. The highest BCUT2D eigenvalue weighted by molar-refractivity contribution is 6.27. The number of benzene rings is 1. The highest BCUT2D eigenvalue weighted by Crippen LogP contribution is 2.41. The lowest BCUT2D eigenvalue weighted by atomic mass is 9.99. The number of para-hydroxylation sites is 1. The quantitative estimate of drug-likeness (QED) is 0.777. The molecule has 0 saturated carbocycles. The molecule has 2 amide bonds. The van der Waals surface area contributed by atoms with Gasteiger partial charge >= 0.3 is 0 Å². The van der Waals surface area contributed by atoms with E-state index in [9.17, 15) is 14.4 Å². The minimum absolute atomic E-state index is 0.262. The van der Waals surface area contributed by atoms with Crippen molar-refractivity contribution in [2.45, 2.75) is 31.2 Å². The van der Waals surface area contributed by atoms with Crippen LogP contribution in [0.2, 0.25) is 0 Å². The molecule has 5 rings (SSSR count). The maximum absolute atomic E-state index is 13.0. The molecule has 0 spiro atoms. The third kappa shape index (κ3) is 2.36. The van der Waals surface area contributed by atoms with Crippen molar-refractivity contribution in [2.24, 2.45) is 0 Å². The Balaban J connectivity index is 1.52. The van der Waals surface area contributed by atoms with Gasteiger partial charge in [-0.3, -0.25) is 19.4 Å². The molecule has 2 fully saturated rings. The standard InChI is InChI=1S/C19H19N5O3/c25-16-13-12-14(18(27)24(17(12)26)11-7-3-1-4-8-11)20-15(13)21-19(22-16)23-9-5-2-6-10-23/h1,3-4,7-8,12,14H,2,5-6,9-10H2,(H2,20,21,22,25). The van der Waals surface area contributed by atoms with Gasteiger partial charge in [-0.25, -0.2) is 4.90 Å². The maximum atomic E-state index is 13.0. The number of carbonyl (C=O) groups is 2. The Morgan fingerprint density at radius 1 is 0.963 bits per heavy atom. The molecule has 1 aromatic carbocycles. The van der Waals surface area contributed by atoms with Crippen molar-refractivity contribution in [3.05, 3.63) is 46.2 Å². The first-order valence-electron chi connectivity index (χ1n) is 9.24. The van der Waals surface area contributed by atoms with Crippen molar-refractivity contribution >= 4 is 29.3 Å². The Labute approximate surface area is 155 Å². The minimum atomic E-state index is -0.834. The molecule has 2 aromatic rings. The maximum Gasteiger partial charge on any atom is 0.258 e. The fourth-order valence-corrected chi connectivity index (χ4v) is 4.21. The number of imide groups is 1. The Hall–Kier alpha value is -3.16. The van der Waals surface area contributed by atoms with Crippen molar-refractivity contribution in [3.63, 3.8) is 0 Å². The van der Waals surface area contributed by atoms with Gasteiger partial charge in [-0.1, -0.05) is 18.2 Å². The van der Waals surface area contributed by atoms with Crippen LogP contribution in [0.4, 0.5) is 17.5 Å². The number of carbonyl (C=O) groups excluding carboxylic acids is 2. The first-order chi connectivity index (χ1) is 13.1. The second-order valence-electron chi connectivity index (χ2n) is 7.15. The van der Waals surface area contributed by atoms with Gasteiger partial charge in [0.1, 0.15) is 17.8 Å². The summed E-state index contributed by atoms with van der Waals surface area (Å²) in [7, 11) is 0. The monoisotopic (exact) mass is 365 g/mol. The van der Waals surface area contributed by atoms with Gasteiger partial charge in [0.2, 0.25) is 11.9 Å². The molecule has 0 aliphatic carbocycles. The molecule has 27 heavy (non-hydrogen) atoms. The Morgan fingerprint density at radius 3 is 2.44 bits per heavy atom. The number of fused-ring (bicyclic) bond motifs is 3. The van der Waals surface area contributed by atoms with Crippen LogP contribution >= 0.6 is 0 Å². The van der Waals surface area contributed by atoms with Crippen LogP contribution in [-0.4, -0.2) is 40.9 Å². The van der Waals surface area contributed by atoms with Crippen LogP contribution in [-0.2, 0) is 9.59 Å². The Morgan fingerprint density at radius 2 is 1.70 bits per heavy atom. The number of hydrogen-bond acceptors (Lipinski definition) is 6. The summed E-state index contributed by atoms with van der Waals surface area (Å²) in [6.45, 7) is 1.68. The number of piperidine rings is 1. The summed E-state index contributed by atoms with van der Waals surface area (Å²) >= 11 is 0. The van der Waals surface area contributed by atoms with E-state index in [-0.39, 0.29) is 22.9 Å². The van der Waals surface area contributed by atoms with Crippen molar-refractivity contribution in [2.75, 3.05) is 28.2 Å². The molecule has 4 heterocycles. The topological polar surface area (TPSA) is 98.4 Å². The summed E-state index contributed by atoms with van der Waals surface area (Å²) in [6, 6.07) is 7.99. The Kier molecular flexibility index (Phi) is 3.53. The molecular formula is C19H19N5O3. The van der Waals surface area contributed by atoms with Gasteiger partial charge in [0.15, 0.2) is 0 Å². The molecule has 0 bridgehead atoms. The molecule has 0 radical (unpaired) electrons. The zero-order valence-electron chi connectivity index (χ0n) is 14.6. The molecule has 1 aromatic heterocycles. The van der Waals surface area contributed by atoms with Crippen LogP contribution in [0.15, 0.2) is 35.1 Å². The van der Waals surface area contributed by atoms with Gasteiger partial charge in [-0.15, -0.1) is 0 Å². The van der Waals surface area contributed by atoms with Gasteiger partial charge in [0.25, 0.3) is 11.5 Å². The van der Waals surface area contributed by atoms with Crippen LogP contribution in [0.5, 0.6) is 0 Å². The minimum Gasteiger partial charge on any atom is -0.357 e. The number of anilines is 3. The summed E-state index contributed by atoms with van der Waals surface area (Å²) in [4.78, 5) is 49.1. The number of amides is 2. The summed E-state index contributed by atoms with van der Waals surface area (Å²) < 4.78 is 0. The van der Waals surface area contributed by atoms with Crippen LogP contribution < -0.4 is 20.7 Å². The first kappa shape index (κ1) is 16.0. The largest absolute Gasteiger partial charge is 0.357 e. The lowest BCUT2D eigenvalue weighted by Gasteiger charge is -2.27. The molecular weight excluding hydrogens is 346 g/mol. The van der Waals surface area contributed by atoms with E-state index in [0.717, 1.165) is 30.8 Å². The predicted molar refractivity (Wildman–Crippen MR) is 100 cm³/mol. The van der Waals surface area contributed by atoms with Gasteiger partial charge in [-0.2, -0.15) is 4.98 Å². The smallest absolute Gasteiger partial charge is 0.258 e.